The lowest BCUT2D eigenvalue weighted by Crippen LogP contribution is -2.34. The van der Waals surface area contributed by atoms with Crippen molar-refractivity contribution in [2.75, 3.05) is 0 Å². The van der Waals surface area contributed by atoms with Crippen LogP contribution in [0.5, 0.6) is 0 Å². The summed E-state index contributed by atoms with van der Waals surface area (Å²) in [5.74, 6) is 0. The second kappa shape index (κ2) is 3.34. The van der Waals surface area contributed by atoms with Crippen LogP contribution in [0.4, 0.5) is 0 Å². The van der Waals surface area contributed by atoms with Gasteiger partial charge in [-0.1, -0.05) is 19.4 Å². The fraction of sp³-hybridized carbons (Fsp3) is 0.500. The van der Waals surface area contributed by atoms with Crippen molar-refractivity contribution in [1.29, 1.82) is 0 Å². The summed E-state index contributed by atoms with van der Waals surface area (Å²) in [5, 5.41) is 11.6. The zero-order valence-corrected chi connectivity index (χ0v) is 7.40. The first kappa shape index (κ1) is 8.71. The zero-order chi connectivity index (χ0) is 8.32. The number of aliphatic hydroxyl groups is 1. The highest BCUT2D eigenvalue weighted by Crippen LogP contribution is 2.24. The van der Waals surface area contributed by atoms with Gasteiger partial charge in [0, 0.05) is 0 Å². The second-order valence-corrected chi connectivity index (χ2v) is 3.60. The van der Waals surface area contributed by atoms with Crippen LogP contribution in [0.25, 0.3) is 0 Å². The SMILES string of the molecule is CCCC(N)(O)c1cccs1. The predicted octanol–water partition coefficient (Wildman–Crippen LogP) is 1.65. The normalized spacial score (nSPS) is 16.3. The summed E-state index contributed by atoms with van der Waals surface area (Å²) < 4.78 is 0. The van der Waals surface area contributed by atoms with Gasteiger partial charge in [0.25, 0.3) is 0 Å². The van der Waals surface area contributed by atoms with E-state index in [-0.39, 0.29) is 0 Å². The van der Waals surface area contributed by atoms with E-state index in [2.05, 4.69) is 0 Å². The lowest BCUT2D eigenvalue weighted by molar-refractivity contribution is 0.0373. The Morgan fingerprint density at radius 1 is 1.73 bits per heavy atom. The van der Waals surface area contributed by atoms with Gasteiger partial charge in [0.15, 0.2) is 0 Å². The van der Waals surface area contributed by atoms with Crippen molar-refractivity contribution < 1.29 is 5.11 Å². The Hall–Kier alpha value is -0.380. The molecule has 2 nitrogen and oxygen atoms in total. The summed E-state index contributed by atoms with van der Waals surface area (Å²) in [6, 6.07) is 3.76. The Labute approximate surface area is 70.7 Å². The third-order valence-corrected chi connectivity index (χ3v) is 2.62. The molecule has 3 N–H and O–H groups in total. The van der Waals surface area contributed by atoms with Gasteiger partial charge in [-0.15, -0.1) is 11.3 Å². The minimum Gasteiger partial charge on any atom is -0.371 e. The quantitative estimate of drug-likeness (QED) is 0.679. The highest BCUT2D eigenvalue weighted by atomic mass is 32.1. The molecule has 1 rings (SSSR count). The summed E-state index contributed by atoms with van der Waals surface area (Å²) in [5.41, 5.74) is 4.55. The molecule has 0 radical (unpaired) electrons. The van der Waals surface area contributed by atoms with Crippen LogP contribution < -0.4 is 5.73 Å². The van der Waals surface area contributed by atoms with E-state index in [9.17, 15) is 5.11 Å². The first-order chi connectivity index (χ1) is 5.17. The van der Waals surface area contributed by atoms with E-state index in [0.29, 0.717) is 6.42 Å². The average Bonchev–Trinajstić information content (AvgIpc) is 2.37. The smallest absolute Gasteiger partial charge is 0.148 e. The van der Waals surface area contributed by atoms with Crippen molar-refractivity contribution in [2.45, 2.75) is 25.5 Å². The van der Waals surface area contributed by atoms with Crippen LogP contribution in [0, 0.1) is 0 Å². The molecule has 1 unspecified atom stereocenters. The van der Waals surface area contributed by atoms with E-state index in [4.69, 9.17) is 5.73 Å². The summed E-state index contributed by atoms with van der Waals surface area (Å²) in [6.45, 7) is 2.01. The second-order valence-electron chi connectivity index (χ2n) is 2.65. The minimum absolute atomic E-state index is 0.619. The maximum absolute atomic E-state index is 9.66. The lowest BCUT2D eigenvalue weighted by Gasteiger charge is -2.20. The van der Waals surface area contributed by atoms with Crippen molar-refractivity contribution in [1.82, 2.24) is 0 Å². The number of hydrogen-bond donors (Lipinski definition) is 2. The largest absolute Gasteiger partial charge is 0.371 e. The van der Waals surface area contributed by atoms with Crippen LogP contribution in [0.15, 0.2) is 17.5 Å². The van der Waals surface area contributed by atoms with Crippen LogP contribution in [-0.2, 0) is 5.72 Å². The molecule has 0 aliphatic rings. The van der Waals surface area contributed by atoms with Crippen molar-refractivity contribution in [2.24, 2.45) is 5.73 Å². The zero-order valence-electron chi connectivity index (χ0n) is 6.58. The molecular formula is C8H13NOS. The van der Waals surface area contributed by atoms with Gasteiger partial charge in [0.05, 0.1) is 4.88 Å². The Bertz CT molecular complexity index is 206. The maximum atomic E-state index is 9.66. The fourth-order valence-electron chi connectivity index (χ4n) is 1.03. The van der Waals surface area contributed by atoms with Crippen LogP contribution in [0.3, 0.4) is 0 Å². The van der Waals surface area contributed by atoms with Gasteiger partial charge < -0.3 is 5.11 Å². The van der Waals surface area contributed by atoms with Crippen LogP contribution in [0.1, 0.15) is 24.6 Å². The number of thiophene rings is 1. The molecule has 0 spiro atoms. The number of nitrogens with two attached hydrogens (primary N) is 1. The predicted molar refractivity (Wildman–Crippen MR) is 47.3 cm³/mol. The van der Waals surface area contributed by atoms with Gasteiger partial charge in [-0.25, -0.2) is 0 Å². The van der Waals surface area contributed by atoms with Gasteiger partial charge in [-0.2, -0.15) is 0 Å². The third kappa shape index (κ3) is 2.02. The molecule has 3 heteroatoms. The van der Waals surface area contributed by atoms with Gasteiger partial charge >= 0.3 is 0 Å². The fourth-order valence-corrected chi connectivity index (χ4v) is 1.80. The maximum Gasteiger partial charge on any atom is 0.148 e. The van der Waals surface area contributed by atoms with Gasteiger partial charge in [0.1, 0.15) is 5.72 Å². The first-order valence-electron chi connectivity index (χ1n) is 3.72. The summed E-state index contributed by atoms with van der Waals surface area (Å²) in [6.07, 6.45) is 1.51. The lowest BCUT2D eigenvalue weighted by atomic mass is 10.1. The Morgan fingerprint density at radius 3 is 2.91 bits per heavy atom. The molecule has 1 heterocycles. The molecule has 11 heavy (non-hydrogen) atoms. The summed E-state index contributed by atoms with van der Waals surface area (Å²) in [7, 11) is 0. The Kier molecular flexibility index (Phi) is 2.65. The molecule has 0 fully saturated rings. The average molecular weight is 171 g/mol. The van der Waals surface area contributed by atoms with E-state index < -0.39 is 5.72 Å². The van der Waals surface area contributed by atoms with E-state index in [1.807, 2.05) is 24.4 Å². The third-order valence-electron chi connectivity index (χ3n) is 1.58. The molecule has 1 aromatic heterocycles. The number of hydrogen-bond acceptors (Lipinski definition) is 3. The Morgan fingerprint density at radius 2 is 2.45 bits per heavy atom. The van der Waals surface area contributed by atoms with Gasteiger partial charge in [0.2, 0.25) is 0 Å². The Balaban J connectivity index is 2.73. The first-order valence-corrected chi connectivity index (χ1v) is 4.60. The molecule has 62 valence electrons. The molecule has 1 aromatic rings. The van der Waals surface area contributed by atoms with Crippen LogP contribution in [-0.4, -0.2) is 5.11 Å². The van der Waals surface area contributed by atoms with Gasteiger partial charge in [-0.3, -0.25) is 5.73 Å². The van der Waals surface area contributed by atoms with E-state index in [1.54, 1.807) is 0 Å². The van der Waals surface area contributed by atoms with Crippen LogP contribution in [0.2, 0.25) is 0 Å². The monoisotopic (exact) mass is 171 g/mol. The minimum atomic E-state index is -1.11. The van der Waals surface area contributed by atoms with Crippen LogP contribution >= 0.6 is 11.3 Å². The van der Waals surface area contributed by atoms with E-state index in [0.717, 1.165) is 11.3 Å². The van der Waals surface area contributed by atoms with Crippen molar-refractivity contribution in [3.8, 4) is 0 Å². The highest BCUT2D eigenvalue weighted by molar-refractivity contribution is 7.10. The number of rotatable bonds is 3. The van der Waals surface area contributed by atoms with E-state index in [1.165, 1.54) is 11.3 Å². The molecule has 0 saturated carbocycles. The highest BCUT2D eigenvalue weighted by Gasteiger charge is 2.22. The molecule has 0 bridgehead atoms. The molecule has 0 aliphatic heterocycles. The molecular weight excluding hydrogens is 158 g/mol. The van der Waals surface area contributed by atoms with Gasteiger partial charge in [-0.05, 0) is 17.9 Å². The molecule has 0 amide bonds. The van der Waals surface area contributed by atoms with E-state index >= 15 is 0 Å². The topological polar surface area (TPSA) is 46.2 Å². The standard InChI is InChI=1S/C8H13NOS/c1-2-5-8(9,10)7-4-3-6-11-7/h3-4,6,10H,2,5,9H2,1H3. The molecule has 0 aromatic carbocycles. The van der Waals surface area contributed by atoms with Crippen molar-refractivity contribution in [3.63, 3.8) is 0 Å². The van der Waals surface area contributed by atoms with Crippen molar-refractivity contribution >= 4 is 11.3 Å². The summed E-state index contributed by atoms with van der Waals surface area (Å²) in [4.78, 5) is 0.847. The molecule has 0 aliphatic carbocycles. The summed E-state index contributed by atoms with van der Waals surface area (Å²) >= 11 is 1.49. The molecule has 1 atom stereocenters. The van der Waals surface area contributed by atoms with Crippen molar-refractivity contribution in [3.05, 3.63) is 22.4 Å². The molecule has 0 saturated heterocycles.